The van der Waals surface area contributed by atoms with Crippen molar-refractivity contribution in [2.75, 3.05) is 19.7 Å². The van der Waals surface area contributed by atoms with Gasteiger partial charge in [-0.15, -0.1) is 5.10 Å². The molecule has 0 aromatic carbocycles. The molecule has 0 bridgehead atoms. The van der Waals surface area contributed by atoms with E-state index in [1.54, 1.807) is 0 Å². The van der Waals surface area contributed by atoms with Gasteiger partial charge in [-0.3, -0.25) is 9.88 Å². The number of unbranched alkanes of at least 4 members (excludes halogenated alkanes) is 1. The number of hydrogen-bond acceptors (Lipinski definition) is 5. The summed E-state index contributed by atoms with van der Waals surface area (Å²) in [7, 11) is 0. The second-order valence-electron chi connectivity index (χ2n) is 10.1. The Labute approximate surface area is 186 Å². The number of pyridine rings is 1. The SMILES string of the molecule is CCCCc1cn([C@@H]2C[C@@H]3CN(Cc4cccc(C)n4)C[C@@H]3C[C@H]2OCC2CC2)nn1. The molecule has 168 valence electrons. The minimum Gasteiger partial charge on any atom is -0.376 e. The van der Waals surface area contributed by atoms with Crippen LogP contribution in [0.3, 0.4) is 0 Å². The summed E-state index contributed by atoms with van der Waals surface area (Å²) in [4.78, 5) is 7.33. The lowest BCUT2D eigenvalue weighted by Gasteiger charge is -2.37. The standard InChI is InChI=1S/C25H37N5O/c1-3-4-7-23-16-30(28-27-23)24-11-20-13-29(15-22-8-5-6-18(2)26-22)14-21(20)12-25(24)31-17-19-9-10-19/h5-6,8,16,19-21,24-25H,3-4,7,9-15,17H2,1-2H3/t20-,21+,24-,25-/m1/s1. The number of fused-ring (bicyclic) bond motifs is 1. The third-order valence-electron chi connectivity index (χ3n) is 7.42. The average molecular weight is 424 g/mol. The van der Waals surface area contributed by atoms with E-state index in [4.69, 9.17) is 9.72 Å². The van der Waals surface area contributed by atoms with Crippen LogP contribution in [0.15, 0.2) is 24.4 Å². The van der Waals surface area contributed by atoms with Gasteiger partial charge in [-0.2, -0.15) is 0 Å². The number of rotatable bonds is 9. The van der Waals surface area contributed by atoms with Gasteiger partial charge < -0.3 is 4.74 Å². The summed E-state index contributed by atoms with van der Waals surface area (Å²) >= 11 is 0. The van der Waals surface area contributed by atoms with Crippen LogP contribution < -0.4 is 0 Å². The largest absolute Gasteiger partial charge is 0.376 e. The van der Waals surface area contributed by atoms with Crippen molar-refractivity contribution in [3.8, 4) is 0 Å². The van der Waals surface area contributed by atoms with Crippen LogP contribution >= 0.6 is 0 Å². The number of ether oxygens (including phenoxy) is 1. The van der Waals surface area contributed by atoms with Gasteiger partial charge >= 0.3 is 0 Å². The number of aryl methyl sites for hydroxylation is 2. The van der Waals surface area contributed by atoms with E-state index in [1.165, 1.54) is 31.4 Å². The van der Waals surface area contributed by atoms with Crippen molar-refractivity contribution in [1.82, 2.24) is 24.9 Å². The lowest BCUT2D eigenvalue weighted by Crippen LogP contribution is -2.38. The molecule has 0 N–H and O–H groups in total. The molecule has 3 heterocycles. The minimum absolute atomic E-state index is 0.264. The lowest BCUT2D eigenvalue weighted by atomic mass is 9.77. The van der Waals surface area contributed by atoms with Crippen molar-refractivity contribution in [3.05, 3.63) is 41.5 Å². The molecule has 3 fully saturated rings. The van der Waals surface area contributed by atoms with Crippen LogP contribution in [0, 0.1) is 24.7 Å². The van der Waals surface area contributed by atoms with E-state index in [0.29, 0.717) is 17.9 Å². The first-order valence-electron chi connectivity index (χ1n) is 12.3. The first-order chi connectivity index (χ1) is 15.2. The molecule has 0 amide bonds. The normalized spacial score (nSPS) is 28.7. The van der Waals surface area contributed by atoms with Crippen LogP contribution in [0.25, 0.3) is 0 Å². The van der Waals surface area contributed by atoms with Crippen LogP contribution in [-0.4, -0.2) is 50.7 Å². The Balaban J connectivity index is 1.27. The van der Waals surface area contributed by atoms with E-state index < -0.39 is 0 Å². The fraction of sp³-hybridized carbons (Fsp3) is 0.720. The van der Waals surface area contributed by atoms with Gasteiger partial charge in [0.05, 0.1) is 23.5 Å². The van der Waals surface area contributed by atoms with Crippen LogP contribution in [-0.2, 0) is 17.7 Å². The highest BCUT2D eigenvalue weighted by atomic mass is 16.5. The second-order valence-corrected chi connectivity index (χ2v) is 10.1. The maximum Gasteiger partial charge on any atom is 0.0827 e. The summed E-state index contributed by atoms with van der Waals surface area (Å²) in [5, 5.41) is 9.03. The van der Waals surface area contributed by atoms with Crippen molar-refractivity contribution >= 4 is 0 Å². The number of nitrogens with zero attached hydrogens (tertiary/aromatic N) is 5. The molecule has 5 rings (SSSR count). The fourth-order valence-corrected chi connectivity index (χ4v) is 5.48. The van der Waals surface area contributed by atoms with Crippen molar-refractivity contribution in [3.63, 3.8) is 0 Å². The second kappa shape index (κ2) is 9.37. The van der Waals surface area contributed by atoms with Gasteiger partial charge in [0.25, 0.3) is 0 Å². The molecule has 1 saturated heterocycles. The molecule has 0 spiro atoms. The Morgan fingerprint density at radius 3 is 2.71 bits per heavy atom. The van der Waals surface area contributed by atoms with E-state index in [2.05, 4.69) is 58.1 Å². The Hall–Kier alpha value is -1.79. The molecule has 2 aliphatic carbocycles. The predicted octanol–water partition coefficient (Wildman–Crippen LogP) is 4.20. The van der Waals surface area contributed by atoms with E-state index in [9.17, 15) is 0 Å². The summed E-state index contributed by atoms with van der Waals surface area (Å²) in [5.74, 6) is 2.22. The summed E-state index contributed by atoms with van der Waals surface area (Å²) in [5.41, 5.74) is 3.42. The quantitative estimate of drug-likeness (QED) is 0.605. The van der Waals surface area contributed by atoms with Gasteiger partial charge in [0, 0.05) is 38.1 Å². The zero-order valence-corrected chi connectivity index (χ0v) is 19.1. The number of hydrogen-bond donors (Lipinski definition) is 0. The molecular formula is C25H37N5O. The van der Waals surface area contributed by atoms with Crippen LogP contribution in [0.4, 0.5) is 0 Å². The molecule has 6 nitrogen and oxygen atoms in total. The maximum atomic E-state index is 6.52. The van der Waals surface area contributed by atoms with E-state index >= 15 is 0 Å². The fourth-order valence-electron chi connectivity index (χ4n) is 5.48. The molecule has 31 heavy (non-hydrogen) atoms. The Bertz CT molecular complexity index is 863. The van der Waals surface area contributed by atoms with Gasteiger partial charge in [0.15, 0.2) is 0 Å². The highest BCUT2D eigenvalue weighted by molar-refractivity contribution is 5.10. The molecular weight excluding hydrogens is 386 g/mol. The molecule has 0 radical (unpaired) electrons. The van der Waals surface area contributed by atoms with Crippen LogP contribution in [0.5, 0.6) is 0 Å². The monoisotopic (exact) mass is 423 g/mol. The van der Waals surface area contributed by atoms with E-state index in [-0.39, 0.29) is 6.10 Å². The first kappa shape index (κ1) is 21.1. The first-order valence-corrected chi connectivity index (χ1v) is 12.3. The number of aromatic nitrogens is 4. The van der Waals surface area contributed by atoms with Gasteiger partial charge in [0.2, 0.25) is 0 Å². The van der Waals surface area contributed by atoms with Gasteiger partial charge in [-0.1, -0.05) is 24.6 Å². The molecule has 2 saturated carbocycles. The van der Waals surface area contributed by atoms with Crippen molar-refractivity contribution in [2.45, 2.75) is 77.5 Å². The molecule has 1 aliphatic heterocycles. The smallest absolute Gasteiger partial charge is 0.0827 e. The topological polar surface area (TPSA) is 56.1 Å². The third kappa shape index (κ3) is 5.17. The van der Waals surface area contributed by atoms with Gasteiger partial charge in [0.1, 0.15) is 0 Å². The summed E-state index contributed by atoms with van der Waals surface area (Å²) in [6.45, 7) is 8.50. The molecule has 0 unspecified atom stereocenters. The highest BCUT2D eigenvalue weighted by Crippen LogP contribution is 2.43. The summed E-state index contributed by atoms with van der Waals surface area (Å²) < 4.78 is 8.66. The Morgan fingerprint density at radius 2 is 1.94 bits per heavy atom. The lowest BCUT2D eigenvalue weighted by molar-refractivity contribution is -0.0375. The van der Waals surface area contributed by atoms with E-state index in [0.717, 1.165) is 62.8 Å². The zero-order chi connectivity index (χ0) is 21.2. The van der Waals surface area contributed by atoms with Crippen LogP contribution in [0.2, 0.25) is 0 Å². The Morgan fingerprint density at radius 1 is 1.10 bits per heavy atom. The van der Waals surface area contributed by atoms with Gasteiger partial charge in [-0.05, 0) is 75.3 Å². The van der Waals surface area contributed by atoms with Gasteiger partial charge in [-0.25, -0.2) is 4.68 Å². The Kier molecular flexibility index (Phi) is 6.37. The third-order valence-corrected chi connectivity index (χ3v) is 7.42. The summed E-state index contributed by atoms with van der Waals surface area (Å²) in [6, 6.07) is 6.68. The predicted molar refractivity (Wildman–Crippen MR) is 121 cm³/mol. The van der Waals surface area contributed by atoms with E-state index in [1.807, 2.05) is 0 Å². The average Bonchev–Trinajstić information content (AvgIpc) is 3.33. The molecule has 4 atom stereocenters. The van der Waals surface area contributed by atoms with Crippen molar-refractivity contribution in [2.24, 2.45) is 17.8 Å². The van der Waals surface area contributed by atoms with Crippen LogP contribution in [0.1, 0.15) is 68.6 Å². The molecule has 2 aromatic rings. The zero-order valence-electron chi connectivity index (χ0n) is 19.1. The number of likely N-dealkylation sites (tertiary alicyclic amines) is 1. The molecule has 2 aromatic heterocycles. The highest BCUT2D eigenvalue weighted by Gasteiger charge is 2.44. The minimum atomic E-state index is 0.264. The molecule has 6 heteroatoms. The summed E-state index contributed by atoms with van der Waals surface area (Å²) in [6.07, 6.45) is 10.8. The van der Waals surface area contributed by atoms with Crippen molar-refractivity contribution in [1.29, 1.82) is 0 Å². The molecule has 3 aliphatic rings. The maximum absolute atomic E-state index is 6.52. The van der Waals surface area contributed by atoms with Crippen molar-refractivity contribution < 1.29 is 4.74 Å².